The summed E-state index contributed by atoms with van der Waals surface area (Å²) in [5.41, 5.74) is 5.03. The predicted molar refractivity (Wildman–Crippen MR) is 196 cm³/mol. The average molecular weight is 593 g/mol. The fourth-order valence-corrected chi connectivity index (χ4v) is 9.77. The fraction of sp³-hybridized carbons (Fsp3) is 0. The van der Waals surface area contributed by atoms with Gasteiger partial charge in [0.1, 0.15) is 0 Å². The Labute approximate surface area is 262 Å². The van der Waals surface area contributed by atoms with Crippen LogP contribution in [0.25, 0.3) is 94.9 Å². The molecule has 0 saturated heterocycles. The van der Waals surface area contributed by atoms with Crippen LogP contribution in [0.1, 0.15) is 0 Å². The maximum atomic E-state index is 2.41. The van der Waals surface area contributed by atoms with Gasteiger partial charge in [-0.1, -0.05) is 121 Å². The van der Waals surface area contributed by atoms with Gasteiger partial charge in [-0.2, -0.15) is 0 Å². The Bertz CT molecular complexity index is 2740. The van der Waals surface area contributed by atoms with Gasteiger partial charge in [-0.25, -0.2) is 0 Å². The van der Waals surface area contributed by atoms with Crippen molar-refractivity contribution < 1.29 is 0 Å². The minimum atomic E-state index is 1.25. The molecule has 2 aromatic heterocycles. The molecular weight excluding hydrogens is 569 g/mol. The van der Waals surface area contributed by atoms with Crippen LogP contribution >= 0.6 is 22.7 Å². The summed E-state index contributed by atoms with van der Waals surface area (Å²) in [6.07, 6.45) is 0. The molecule has 0 bridgehead atoms. The Balaban J connectivity index is 1.18. The van der Waals surface area contributed by atoms with Crippen molar-refractivity contribution in [3.8, 4) is 22.3 Å². The molecule has 0 N–H and O–H groups in total. The van der Waals surface area contributed by atoms with Gasteiger partial charge in [0.2, 0.25) is 0 Å². The minimum Gasteiger partial charge on any atom is -0.134 e. The normalized spacial score (nSPS) is 12.1. The lowest BCUT2D eigenvalue weighted by atomic mass is 9.89. The second-order valence-electron chi connectivity index (χ2n) is 11.6. The molecule has 44 heavy (non-hydrogen) atoms. The molecule has 2 heteroatoms. The van der Waals surface area contributed by atoms with Gasteiger partial charge in [-0.15, -0.1) is 22.7 Å². The average Bonchev–Trinajstić information content (AvgIpc) is 3.66. The van der Waals surface area contributed by atoms with Crippen molar-refractivity contribution in [2.24, 2.45) is 0 Å². The number of hydrogen-bond donors (Lipinski definition) is 0. The van der Waals surface area contributed by atoms with Crippen LogP contribution in [0.15, 0.2) is 146 Å². The molecule has 10 aromatic rings. The summed E-state index contributed by atoms with van der Waals surface area (Å²) in [6.45, 7) is 0. The van der Waals surface area contributed by atoms with E-state index in [0.717, 1.165) is 0 Å². The van der Waals surface area contributed by atoms with Crippen LogP contribution in [0.2, 0.25) is 0 Å². The third kappa shape index (κ3) is 3.44. The summed E-state index contributed by atoms with van der Waals surface area (Å²) in [7, 11) is 0. The number of fused-ring (bicyclic) bond motifs is 13. The molecule has 0 amide bonds. The molecule has 0 atom stereocenters. The van der Waals surface area contributed by atoms with E-state index in [1.807, 2.05) is 22.7 Å². The lowest BCUT2D eigenvalue weighted by Gasteiger charge is -2.14. The Morgan fingerprint density at radius 1 is 0.273 bits per heavy atom. The van der Waals surface area contributed by atoms with Gasteiger partial charge in [0, 0.05) is 30.9 Å². The standard InChI is InChI=1S/C42H24S2/c1-2-10-28(26-18-22-40-38(24-26)36-21-20-35-34-15-7-8-16-39(34)43-41(35)42(36)44-40)27(9-1)25-17-19-33-31-13-4-3-11-29(31)30-12-5-6-14-32(30)37(33)23-25/h1-24H. The van der Waals surface area contributed by atoms with Crippen molar-refractivity contribution in [1.29, 1.82) is 0 Å². The maximum Gasteiger partial charge on any atom is 0.0534 e. The Morgan fingerprint density at radius 2 is 0.682 bits per heavy atom. The van der Waals surface area contributed by atoms with Crippen molar-refractivity contribution in [2.75, 3.05) is 0 Å². The smallest absolute Gasteiger partial charge is 0.0534 e. The summed E-state index contributed by atoms with van der Waals surface area (Å²) < 4.78 is 5.51. The van der Waals surface area contributed by atoms with Gasteiger partial charge in [-0.3, -0.25) is 0 Å². The van der Waals surface area contributed by atoms with Crippen molar-refractivity contribution in [1.82, 2.24) is 0 Å². The maximum absolute atomic E-state index is 2.41. The van der Waals surface area contributed by atoms with E-state index in [-0.39, 0.29) is 0 Å². The van der Waals surface area contributed by atoms with E-state index in [4.69, 9.17) is 0 Å². The van der Waals surface area contributed by atoms with E-state index in [9.17, 15) is 0 Å². The molecule has 0 saturated carbocycles. The Hall–Kier alpha value is -5.02. The van der Waals surface area contributed by atoms with E-state index in [1.165, 1.54) is 94.9 Å². The number of benzene rings is 8. The molecule has 10 rings (SSSR count). The zero-order chi connectivity index (χ0) is 28.8. The zero-order valence-corrected chi connectivity index (χ0v) is 25.3. The van der Waals surface area contributed by atoms with E-state index in [0.29, 0.717) is 0 Å². The molecule has 204 valence electrons. The topological polar surface area (TPSA) is 0 Å². The molecule has 0 fully saturated rings. The highest BCUT2D eigenvalue weighted by molar-refractivity contribution is 7.33. The van der Waals surface area contributed by atoms with Crippen LogP contribution in [0.4, 0.5) is 0 Å². The van der Waals surface area contributed by atoms with Crippen molar-refractivity contribution >= 4 is 95.3 Å². The van der Waals surface area contributed by atoms with Crippen LogP contribution in [0.3, 0.4) is 0 Å². The zero-order valence-electron chi connectivity index (χ0n) is 23.7. The van der Waals surface area contributed by atoms with Gasteiger partial charge in [-0.05, 0) is 78.8 Å². The predicted octanol–water partition coefficient (Wildman–Crippen LogP) is 13.2. The monoisotopic (exact) mass is 592 g/mol. The highest BCUT2D eigenvalue weighted by atomic mass is 32.1. The molecule has 0 radical (unpaired) electrons. The van der Waals surface area contributed by atoms with E-state index < -0.39 is 0 Å². The first-order chi connectivity index (χ1) is 21.8. The molecular formula is C42H24S2. The van der Waals surface area contributed by atoms with Gasteiger partial charge in [0.05, 0.1) is 9.40 Å². The quantitative estimate of drug-likeness (QED) is 0.175. The second-order valence-corrected chi connectivity index (χ2v) is 13.7. The van der Waals surface area contributed by atoms with E-state index in [1.54, 1.807) is 0 Å². The third-order valence-electron chi connectivity index (χ3n) is 9.28. The first-order valence-electron chi connectivity index (χ1n) is 15.0. The molecule has 0 aliphatic carbocycles. The van der Waals surface area contributed by atoms with Crippen LogP contribution in [0.5, 0.6) is 0 Å². The third-order valence-corrected chi connectivity index (χ3v) is 11.8. The largest absolute Gasteiger partial charge is 0.134 e. The summed E-state index contributed by atoms with van der Waals surface area (Å²) in [6, 6.07) is 54.0. The van der Waals surface area contributed by atoms with Crippen molar-refractivity contribution in [3.05, 3.63) is 146 Å². The van der Waals surface area contributed by atoms with Crippen molar-refractivity contribution in [3.63, 3.8) is 0 Å². The minimum absolute atomic E-state index is 1.25. The van der Waals surface area contributed by atoms with Crippen molar-refractivity contribution in [2.45, 2.75) is 0 Å². The van der Waals surface area contributed by atoms with Crippen LogP contribution in [0, 0.1) is 0 Å². The summed E-state index contributed by atoms with van der Waals surface area (Å²) in [5, 5.41) is 13.3. The molecule has 2 heterocycles. The molecule has 0 nitrogen and oxygen atoms in total. The SMILES string of the molecule is c1ccc(-c2ccc3c4ccccc4c4ccccc4c3c2)c(-c2ccc3sc4c(ccc5c6ccccc6sc54)c3c2)c1. The Morgan fingerprint density at radius 3 is 1.32 bits per heavy atom. The molecule has 8 aromatic carbocycles. The Kier molecular flexibility index (Phi) is 5.13. The van der Waals surface area contributed by atoms with E-state index in [2.05, 4.69) is 146 Å². The van der Waals surface area contributed by atoms with Crippen LogP contribution in [-0.2, 0) is 0 Å². The second kappa shape index (κ2) is 9.24. The first-order valence-corrected chi connectivity index (χ1v) is 16.6. The van der Waals surface area contributed by atoms with Gasteiger partial charge in [0.25, 0.3) is 0 Å². The summed E-state index contributed by atoms with van der Waals surface area (Å²) in [5.74, 6) is 0. The highest BCUT2D eigenvalue weighted by Crippen LogP contribution is 2.46. The molecule has 0 spiro atoms. The van der Waals surface area contributed by atoms with Gasteiger partial charge >= 0.3 is 0 Å². The summed E-state index contributed by atoms with van der Waals surface area (Å²) >= 11 is 3.84. The first kappa shape index (κ1) is 24.4. The fourth-order valence-electron chi connectivity index (χ4n) is 7.25. The van der Waals surface area contributed by atoms with E-state index >= 15 is 0 Å². The molecule has 0 aliphatic rings. The highest BCUT2D eigenvalue weighted by Gasteiger charge is 2.16. The van der Waals surface area contributed by atoms with Crippen LogP contribution < -0.4 is 0 Å². The molecule has 0 unspecified atom stereocenters. The molecule has 0 aliphatic heterocycles. The number of hydrogen-bond acceptors (Lipinski definition) is 2. The number of thiophene rings is 2. The van der Waals surface area contributed by atoms with Crippen LogP contribution in [-0.4, -0.2) is 0 Å². The lowest BCUT2D eigenvalue weighted by Crippen LogP contribution is -1.87. The van der Waals surface area contributed by atoms with Gasteiger partial charge < -0.3 is 0 Å². The summed E-state index contributed by atoms with van der Waals surface area (Å²) in [4.78, 5) is 0. The number of rotatable bonds is 2. The van der Waals surface area contributed by atoms with Gasteiger partial charge in [0.15, 0.2) is 0 Å². The lowest BCUT2D eigenvalue weighted by molar-refractivity contribution is 1.62.